The van der Waals surface area contributed by atoms with Crippen molar-refractivity contribution in [3.05, 3.63) is 54.8 Å². The molecule has 0 spiro atoms. The van der Waals surface area contributed by atoms with Crippen molar-refractivity contribution in [2.75, 3.05) is 18.6 Å². The molecule has 8 nitrogen and oxygen atoms in total. The zero-order valence-corrected chi connectivity index (χ0v) is 14.8. The molecular weight excluding hydrogens is 346 g/mol. The maximum atomic E-state index is 12.2. The smallest absolute Gasteiger partial charge is 0.342 e. The van der Waals surface area contributed by atoms with Crippen LogP contribution in [0.3, 0.4) is 0 Å². The van der Waals surface area contributed by atoms with Crippen molar-refractivity contribution >= 4 is 28.6 Å². The van der Waals surface area contributed by atoms with Crippen molar-refractivity contribution in [2.24, 2.45) is 0 Å². The van der Waals surface area contributed by atoms with Crippen LogP contribution in [0.25, 0.3) is 22.2 Å². The Morgan fingerprint density at radius 2 is 2.15 bits per heavy atom. The number of hydrogen-bond acceptors (Lipinski definition) is 7. The summed E-state index contributed by atoms with van der Waals surface area (Å²) in [5.41, 5.74) is 1.89. The van der Waals surface area contributed by atoms with Crippen LogP contribution < -0.4 is 4.90 Å². The summed E-state index contributed by atoms with van der Waals surface area (Å²) in [4.78, 5) is 30.0. The van der Waals surface area contributed by atoms with E-state index in [1.54, 1.807) is 25.4 Å². The number of nitrogens with zero attached hydrogens (tertiary/aromatic N) is 4. The average Bonchev–Trinajstić information content (AvgIpc) is 3.38. The first-order valence-corrected chi connectivity index (χ1v) is 8.42. The number of carbonyl (C=O) groups is 1. The lowest BCUT2D eigenvalue weighted by Crippen LogP contribution is -2.13. The summed E-state index contributed by atoms with van der Waals surface area (Å²) >= 11 is 0. The van der Waals surface area contributed by atoms with Gasteiger partial charge >= 0.3 is 5.97 Å². The van der Waals surface area contributed by atoms with Gasteiger partial charge in [0.1, 0.15) is 23.5 Å². The monoisotopic (exact) mass is 363 g/mol. The molecule has 4 rings (SSSR count). The van der Waals surface area contributed by atoms with Crippen molar-refractivity contribution in [3.63, 3.8) is 0 Å². The molecule has 27 heavy (non-hydrogen) atoms. The van der Waals surface area contributed by atoms with Crippen molar-refractivity contribution in [3.8, 4) is 11.3 Å². The Morgan fingerprint density at radius 1 is 1.26 bits per heavy atom. The fraction of sp³-hybridized carbons (Fsp3) is 0.158. The average molecular weight is 363 g/mol. The Balaban J connectivity index is 1.82. The topological polar surface area (TPSA) is 97.1 Å². The number of nitrogens with one attached hydrogen (secondary N) is 1. The van der Waals surface area contributed by atoms with Crippen molar-refractivity contribution in [1.82, 2.24) is 19.9 Å². The minimum atomic E-state index is -0.418. The second-order valence-corrected chi connectivity index (χ2v) is 5.78. The molecule has 0 aliphatic carbocycles. The zero-order chi connectivity index (χ0) is 18.8. The number of hydrogen-bond donors (Lipinski definition) is 1. The Hall–Kier alpha value is -3.68. The normalized spacial score (nSPS) is 10.9. The van der Waals surface area contributed by atoms with Gasteiger partial charge in [0.25, 0.3) is 0 Å². The van der Waals surface area contributed by atoms with Gasteiger partial charge in [-0.05, 0) is 31.2 Å². The lowest BCUT2D eigenvalue weighted by Gasteiger charge is -2.17. The number of fused-ring (bicyclic) bond motifs is 1. The van der Waals surface area contributed by atoms with Crippen molar-refractivity contribution in [2.45, 2.75) is 6.92 Å². The summed E-state index contributed by atoms with van der Waals surface area (Å²) in [7, 11) is 1.87. The van der Waals surface area contributed by atoms with E-state index in [-0.39, 0.29) is 0 Å². The largest absolute Gasteiger partial charge is 0.463 e. The number of ether oxygens (including phenoxy) is 1. The van der Waals surface area contributed by atoms with Gasteiger partial charge in [0.15, 0.2) is 0 Å². The molecule has 0 amide bonds. The first kappa shape index (κ1) is 16.8. The van der Waals surface area contributed by atoms with E-state index in [9.17, 15) is 4.79 Å². The molecule has 0 saturated heterocycles. The number of rotatable bonds is 5. The highest BCUT2D eigenvalue weighted by atomic mass is 16.5. The van der Waals surface area contributed by atoms with Crippen LogP contribution in [-0.2, 0) is 4.74 Å². The van der Waals surface area contributed by atoms with Crippen LogP contribution in [0.15, 0.2) is 53.7 Å². The molecule has 3 aromatic heterocycles. The predicted molar refractivity (Wildman–Crippen MR) is 99.8 cm³/mol. The zero-order valence-electron chi connectivity index (χ0n) is 14.8. The van der Waals surface area contributed by atoms with Gasteiger partial charge < -0.3 is 14.1 Å². The van der Waals surface area contributed by atoms with Gasteiger partial charge in [-0.25, -0.2) is 19.7 Å². The Kier molecular flexibility index (Phi) is 4.29. The lowest BCUT2D eigenvalue weighted by atomic mass is 10.1. The molecule has 0 bridgehead atoms. The van der Waals surface area contributed by atoms with E-state index in [2.05, 4.69) is 19.9 Å². The van der Waals surface area contributed by atoms with E-state index < -0.39 is 5.97 Å². The van der Waals surface area contributed by atoms with Crippen LogP contribution in [0.5, 0.6) is 0 Å². The lowest BCUT2D eigenvalue weighted by molar-refractivity contribution is 0.0526. The summed E-state index contributed by atoms with van der Waals surface area (Å²) in [6.45, 7) is 2.06. The molecule has 136 valence electrons. The third kappa shape index (κ3) is 3.01. The van der Waals surface area contributed by atoms with Gasteiger partial charge in [-0.2, -0.15) is 0 Å². The van der Waals surface area contributed by atoms with Crippen molar-refractivity contribution < 1.29 is 13.9 Å². The number of aromatic amines is 1. The maximum Gasteiger partial charge on any atom is 0.342 e. The van der Waals surface area contributed by atoms with Crippen LogP contribution in [0.2, 0.25) is 0 Å². The number of benzene rings is 1. The maximum absolute atomic E-state index is 12.2. The van der Waals surface area contributed by atoms with E-state index in [4.69, 9.17) is 9.15 Å². The third-order valence-electron chi connectivity index (χ3n) is 4.16. The Labute approximate surface area is 154 Å². The molecule has 8 heteroatoms. The molecule has 1 aromatic carbocycles. The van der Waals surface area contributed by atoms with Gasteiger partial charge in [-0.15, -0.1) is 0 Å². The highest BCUT2D eigenvalue weighted by Crippen LogP contribution is 2.32. The number of imidazole rings is 1. The van der Waals surface area contributed by atoms with Gasteiger partial charge in [0.05, 0.1) is 18.4 Å². The summed E-state index contributed by atoms with van der Waals surface area (Å²) in [5.74, 6) is 1.37. The molecule has 0 fully saturated rings. The quantitative estimate of drug-likeness (QED) is 0.541. The highest BCUT2D eigenvalue weighted by molar-refractivity contribution is 5.98. The molecule has 0 saturated carbocycles. The first-order valence-electron chi connectivity index (χ1n) is 8.42. The number of anilines is 2. The third-order valence-corrected chi connectivity index (χ3v) is 4.16. The molecule has 0 radical (unpaired) electrons. The SMILES string of the molecule is CCOC(=O)c1ccoc1-c1ccc2ncnc(N(C)c3ncc[nH]3)c2c1. The second-order valence-electron chi connectivity index (χ2n) is 5.78. The van der Waals surface area contributed by atoms with Crippen LogP contribution in [-0.4, -0.2) is 39.6 Å². The van der Waals surface area contributed by atoms with Crippen LogP contribution >= 0.6 is 0 Å². The van der Waals surface area contributed by atoms with E-state index in [0.717, 1.165) is 16.5 Å². The summed E-state index contributed by atoms with van der Waals surface area (Å²) < 4.78 is 10.7. The number of carbonyl (C=O) groups excluding carboxylic acids is 1. The van der Waals surface area contributed by atoms with Gasteiger partial charge in [-0.3, -0.25) is 4.90 Å². The Morgan fingerprint density at radius 3 is 2.93 bits per heavy atom. The van der Waals surface area contributed by atoms with E-state index >= 15 is 0 Å². The van der Waals surface area contributed by atoms with Gasteiger partial charge in [-0.1, -0.05) is 0 Å². The van der Waals surface area contributed by atoms with Gasteiger partial charge in [0.2, 0.25) is 5.95 Å². The molecule has 4 aromatic rings. The number of aromatic nitrogens is 4. The van der Waals surface area contributed by atoms with Crippen molar-refractivity contribution in [1.29, 1.82) is 0 Å². The molecule has 0 unspecified atom stereocenters. The van der Waals surface area contributed by atoms with Crippen LogP contribution in [0.1, 0.15) is 17.3 Å². The van der Waals surface area contributed by atoms with E-state index in [1.165, 1.54) is 12.6 Å². The fourth-order valence-electron chi connectivity index (χ4n) is 2.89. The summed E-state index contributed by atoms with van der Waals surface area (Å²) in [6, 6.07) is 7.22. The molecule has 1 N–H and O–H groups in total. The number of furan rings is 1. The van der Waals surface area contributed by atoms with E-state index in [1.807, 2.05) is 30.1 Å². The second kappa shape index (κ2) is 6.91. The summed E-state index contributed by atoms with van der Waals surface area (Å²) in [5, 5.41) is 0.806. The minimum Gasteiger partial charge on any atom is -0.463 e. The summed E-state index contributed by atoms with van der Waals surface area (Å²) in [6.07, 6.45) is 6.40. The fourth-order valence-corrected chi connectivity index (χ4v) is 2.89. The molecule has 3 heterocycles. The Bertz CT molecular complexity index is 1090. The molecule has 0 aliphatic rings. The predicted octanol–water partition coefficient (Wildman–Crippen LogP) is 3.56. The highest BCUT2D eigenvalue weighted by Gasteiger charge is 2.19. The van der Waals surface area contributed by atoms with Gasteiger partial charge in [0, 0.05) is 30.4 Å². The van der Waals surface area contributed by atoms with Crippen LogP contribution in [0, 0.1) is 0 Å². The first-order chi connectivity index (χ1) is 13.2. The molecule has 0 aliphatic heterocycles. The van der Waals surface area contributed by atoms with E-state index in [0.29, 0.717) is 29.7 Å². The number of H-pyrrole nitrogens is 1. The molecular formula is C19H17N5O3. The standard InChI is InChI=1S/C19H17N5O3/c1-3-26-18(25)13-6-9-27-16(13)12-4-5-15-14(10-12)17(23-11-22-15)24(2)19-20-7-8-21-19/h4-11H,3H2,1-2H3,(H,20,21). The van der Waals surface area contributed by atoms with Crippen LogP contribution in [0.4, 0.5) is 11.8 Å². The molecule has 0 atom stereocenters. The number of esters is 1. The minimum absolute atomic E-state index is 0.299.